The van der Waals surface area contributed by atoms with Crippen LogP contribution < -0.4 is 5.32 Å². The molecule has 2 rings (SSSR count). The fraction of sp³-hybridized carbons (Fsp3) is 0.667. The van der Waals surface area contributed by atoms with Gasteiger partial charge in [0, 0.05) is 17.3 Å². The Morgan fingerprint density at radius 3 is 2.75 bits per heavy atom. The van der Waals surface area contributed by atoms with Crippen LogP contribution in [0, 0.1) is 13.8 Å². The summed E-state index contributed by atoms with van der Waals surface area (Å²) in [7, 11) is 0. The van der Waals surface area contributed by atoms with Gasteiger partial charge in [0.1, 0.15) is 0 Å². The van der Waals surface area contributed by atoms with Gasteiger partial charge in [-0.05, 0) is 33.2 Å². The Kier molecular flexibility index (Phi) is 1.89. The molecule has 1 atom stereocenters. The molecule has 0 bridgehead atoms. The third-order valence-electron chi connectivity index (χ3n) is 2.59. The molecule has 0 saturated carbocycles. The zero-order chi connectivity index (χ0) is 8.55. The van der Waals surface area contributed by atoms with Crippen LogP contribution in [0.5, 0.6) is 0 Å². The lowest BCUT2D eigenvalue weighted by atomic mass is 10.0. The number of nitrogens with zero attached hydrogens (tertiary/aromatic N) is 1. The maximum absolute atomic E-state index is 4.20. The van der Waals surface area contributed by atoms with Crippen LogP contribution in [0.2, 0.25) is 0 Å². The number of aromatic nitrogens is 2. The first-order valence-corrected chi connectivity index (χ1v) is 4.54. The fourth-order valence-corrected chi connectivity index (χ4v) is 2.00. The van der Waals surface area contributed by atoms with Crippen LogP contribution in [0.3, 0.4) is 0 Å². The van der Waals surface area contributed by atoms with Crippen molar-refractivity contribution in [1.82, 2.24) is 15.5 Å². The van der Waals surface area contributed by atoms with E-state index in [0.717, 1.165) is 12.2 Å². The van der Waals surface area contributed by atoms with Crippen molar-refractivity contribution >= 4 is 0 Å². The van der Waals surface area contributed by atoms with Crippen molar-refractivity contribution in [1.29, 1.82) is 0 Å². The third kappa shape index (κ3) is 1.14. The Balaban J connectivity index is 2.30. The van der Waals surface area contributed by atoms with E-state index in [0.29, 0.717) is 6.04 Å². The van der Waals surface area contributed by atoms with Crippen LogP contribution in [0.25, 0.3) is 0 Å². The molecule has 1 fully saturated rings. The lowest BCUT2D eigenvalue weighted by Gasteiger charge is -2.09. The number of H-pyrrole nitrogens is 1. The van der Waals surface area contributed by atoms with Crippen molar-refractivity contribution < 1.29 is 0 Å². The highest BCUT2D eigenvalue weighted by Gasteiger charge is 2.21. The summed E-state index contributed by atoms with van der Waals surface area (Å²) < 4.78 is 0. The van der Waals surface area contributed by atoms with Crippen LogP contribution in [0.1, 0.15) is 35.8 Å². The molecule has 1 saturated heterocycles. The van der Waals surface area contributed by atoms with Gasteiger partial charge in [0.25, 0.3) is 0 Å². The van der Waals surface area contributed by atoms with E-state index in [1.807, 2.05) is 0 Å². The van der Waals surface area contributed by atoms with E-state index >= 15 is 0 Å². The zero-order valence-electron chi connectivity index (χ0n) is 7.65. The van der Waals surface area contributed by atoms with Crippen molar-refractivity contribution in [3.63, 3.8) is 0 Å². The summed E-state index contributed by atoms with van der Waals surface area (Å²) in [5.41, 5.74) is 3.74. The number of hydrogen-bond donors (Lipinski definition) is 2. The maximum Gasteiger partial charge on any atom is 0.0641 e. The zero-order valence-corrected chi connectivity index (χ0v) is 7.65. The highest BCUT2D eigenvalue weighted by molar-refractivity contribution is 5.27. The first-order valence-electron chi connectivity index (χ1n) is 4.54. The standard InChI is InChI=1S/C9H15N3/c1-6-9(7(2)12-11-6)8-4-3-5-10-8/h8,10H,3-5H2,1-2H3,(H,11,12). The van der Waals surface area contributed by atoms with Crippen LogP contribution in [-0.4, -0.2) is 16.7 Å². The molecule has 2 N–H and O–H groups in total. The van der Waals surface area contributed by atoms with Gasteiger partial charge in [-0.25, -0.2) is 0 Å². The highest BCUT2D eigenvalue weighted by Crippen LogP contribution is 2.26. The molecular formula is C9H15N3. The molecule has 66 valence electrons. The second-order valence-electron chi connectivity index (χ2n) is 3.50. The van der Waals surface area contributed by atoms with Crippen LogP contribution >= 0.6 is 0 Å². The summed E-state index contributed by atoms with van der Waals surface area (Å²) in [4.78, 5) is 0. The summed E-state index contributed by atoms with van der Waals surface area (Å²) >= 11 is 0. The summed E-state index contributed by atoms with van der Waals surface area (Å²) in [6.07, 6.45) is 2.54. The molecule has 1 aromatic heterocycles. The predicted molar refractivity (Wildman–Crippen MR) is 48.0 cm³/mol. The Morgan fingerprint density at radius 1 is 1.42 bits per heavy atom. The molecule has 1 unspecified atom stereocenters. The lowest BCUT2D eigenvalue weighted by Crippen LogP contribution is -2.14. The molecule has 1 aliphatic rings. The van der Waals surface area contributed by atoms with Gasteiger partial charge in [-0.1, -0.05) is 0 Å². The number of aromatic amines is 1. The second-order valence-corrected chi connectivity index (χ2v) is 3.50. The Hall–Kier alpha value is -0.830. The van der Waals surface area contributed by atoms with Gasteiger partial charge in [0.15, 0.2) is 0 Å². The quantitative estimate of drug-likeness (QED) is 0.661. The smallest absolute Gasteiger partial charge is 0.0641 e. The SMILES string of the molecule is Cc1n[nH]c(C)c1C1CCCN1. The molecular weight excluding hydrogens is 150 g/mol. The Morgan fingerprint density at radius 2 is 2.25 bits per heavy atom. The van der Waals surface area contributed by atoms with E-state index in [9.17, 15) is 0 Å². The Bertz CT molecular complexity index is 252. The van der Waals surface area contributed by atoms with Crippen LogP contribution in [0.4, 0.5) is 0 Å². The highest BCUT2D eigenvalue weighted by atomic mass is 15.1. The largest absolute Gasteiger partial charge is 0.310 e. The van der Waals surface area contributed by atoms with Crippen molar-refractivity contribution in [2.24, 2.45) is 0 Å². The fourth-order valence-electron chi connectivity index (χ4n) is 2.00. The van der Waals surface area contributed by atoms with E-state index in [4.69, 9.17) is 0 Å². The summed E-state index contributed by atoms with van der Waals surface area (Å²) in [6.45, 7) is 5.31. The van der Waals surface area contributed by atoms with E-state index in [2.05, 4.69) is 29.4 Å². The van der Waals surface area contributed by atoms with Gasteiger partial charge in [-0.3, -0.25) is 5.10 Å². The first-order chi connectivity index (χ1) is 5.79. The minimum Gasteiger partial charge on any atom is -0.310 e. The summed E-state index contributed by atoms with van der Waals surface area (Å²) in [5.74, 6) is 0. The summed E-state index contributed by atoms with van der Waals surface area (Å²) in [6, 6.07) is 0.545. The monoisotopic (exact) mass is 165 g/mol. The third-order valence-corrected chi connectivity index (χ3v) is 2.59. The normalized spacial score (nSPS) is 23.3. The van der Waals surface area contributed by atoms with Crippen molar-refractivity contribution in [2.75, 3.05) is 6.54 Å². The van der Waals surface area contributed by atoms with Crippen molar-refractivity contribution in [3.05, 3.63) is 17.0 Å². The molecule has 12 heavy (non-hydrogen) atoms. The first kappa shape index (κ1) is 7.80. The number of aryl methyl sites for hydroxylation is 2. The van der Waals surface area contributed by atoms with Crippen molar-refractivity contribution in [3.8, 4) is 0 Å². The molecule has 0 spiro atoms. The van der Waals surface area contributed by atoms with E-state index in [-0.39, 0.29) is 0 Å². The number of nitrogens with one attached hydrogen (secondary N) is 2. The van der Waals surface area contributed by atoms with Gasteiger partial charge in [-0.15, -0.1) is 0 Å². The molecule has 0 amide bonds. The van der Waals surface area contributed by atoms with Crippen molar-refractivity contribution in [2.45, 2.75) is 32.7 Å². The summed E-state index contributed by atoms with van der Waals surface area (Å²) in [5, 5.41) is 10.7. The van der Waals surface area contributed by atoms with E-state index in [1.54, 1.807) is 0 Å². The predicted octanol–water partition coefficient (Wildman–Crippen LogP) is 1.45. The van der Waals surface area contributed by atoms with Gasteiger partial charge < -0.3 is 5.32 Å². The van der Waals surface area contributed by atoms with Crippen LogP contribution in [0.15, 0.2) is 0 Å². The topological polar surface area (TPSA) is 40.7 Å². The second kappa shape index (κ2) is 2.90. The average Bonchev–Trinajstić information content (AvgIpc) is 2.61. The number of rotatable bonds is 1. The minimum atomic E-state index is 0.545. The van der Waals surface area contributed by atoms with Crippen LogP contribution in [-0.2, 0) is 0 Å². The average molecular weight is 165 g/mol. The number of hydrogen-bond acceptors (Lipinski definition) is 2. The minimum absolute atomic E-state index is 0.545. The molecule has 3 nitrogen and oxygen atoms in total. The molecule has 3 heteroatoms. The maximum atomic E-state index is 4.20. The molecule has 0 aliphatic carbocycles. The van der Waals surface area contributed by atoms with Gasteiger partial charge in [-0.2, -0.15) is 5.10 Å². The molecule has 2 heterocycles. The Labute approximate surface area is 72.6 Å². The van der Waals surface area contributed by atoms with E-state index < -0.39 is 0 Å². The van der Waals surface area contributed by atoms with E-state index in [1.165, 1.54) is 24.1 Å². The molecule has 1 aromatic rings. The molecule has 0 radical (unpaired) electrons. The molecule has 0 aromatic carbocycles. The van der Waals surface area contributed by atoms with Gasteiger partial charge in [0.2, 0.25) is 0 Å². The van der Waals surface area contributed by atoms with Gasteiger partial charge in [0.05, 0.1) is 5.69 Å². The lowest BCUT2D eigenvalue weighted by molar-refractivity contribution is 0.640. The van der Waals surface area contributed by atoms with Gasteiger partial charge >= 0.3 is 0 Å². The molecule has 1 aliphatic heterocycles.